The summed E-state index contributed by atoms with van der Waals surface area (Å²) in [6, 6.07) is 6.10. The summed E-state index contributed by atoms with van der Waals surface area (Å²) < 4.78 is 18.7. The van der Waals surface area contributed by atoms with Crippen molar-refractivity contribution in [3.05, 3.63) is 47.6 Å². The lowest BCUT2D eigenvalue weighted by atomic mass is 9.97. The Morgan fingerprint density at radius 2 is 2.25 bits per heavy atom. The number of piperidine rings is 1. The third-order valence-corrected chi connectivity index (χ3v) is 4.02. The monoisotopic (exact) mass is 329 g/mol. The average molecular weight is 329 g/mol. The molecule has 0 saturated carbocycles. The summed E-state index contributed by atoms with van der Waals surface area (Å²) in [5.41, 5.74) is 1.56. The third kappa shape index (κ3) is 3.69. The van der Waals surface area contributed by atoms with Crippen molar-refractivity contribution in [2.45, 2.75) is 32.6 Å². The van der Waals surface area contributed by atoms with Crippen LogP contribution in [0.5, 0.6) is 0 Å². The molecule has 1 atom stereocenters. The first-order chi connectivity index (χ1) is 11.5. The minimum Gasteiger partial charge on any atom is -0.339 e. The van der Waals surface area contributed by atoms with E-state index in [4.69, 9.17) is 4.52 Å². The van der Waals surface area contributed by atoms with Gasteiger partial charge in [0.1, 0.15) is 5.82 Å². The molecule has 5 nitrogen and oxygen atoms in total. The Kier molecular flexibility index (Phi) is 4.74. The van der Waals surface area contributed by atoms with Crippen molar-refractivity contribution < 1.29 is 13.7 Å². The molecule has 3 rings (SSSR count). The smallest absolute Gasteiger partial charge is 0.246 e. The molecule has 0 N–H and O–H groups in total. The first kappa shape index (κ1) is 16.4. The zero-order valence-corrected chi connectivity index (χ0v) is 13.8. The summed E-state index contributed by atoms with van der Waals surface area (Å²) in [5.74, 6) is 0.573. The molecule has 1 saturated heterocycles. The molecule has 24 heavy (non-hydrogen) atoms. The maximum absolute atomic E-state index is 13.3. The molecule has 0 spiro atoms. The SMILES string of the molecule is CC(C)=CC(=O)N1CCC[C@H](c2nc(-c3cccc(F)c3)no2)C1. The van der Waals surface area contributed by atoms with Crippen LogP contribution in [-0.2, 0) is 4.79 Å². The second-order valence-electron chi connectivity index (χ2n) is 6.31. The molecule has 1 aliphatic rings. The van der Waals surface area contributed by atoms with Crippen LogP contribution in [0.25, 0.3) is 11.4 Å². The number of hydrogen-bond acceptors (Lipinski definition) is 4. The number of carbonyl (C=O) groups excluding carboxylic acids is 1. The Morgan fingerprint density at radius 3 is 3.00 bits per heavy atom. The van der Waals surface area contributed by atoms with Crippen molar-refractivity contribution in [1.29, 1.82) is 0 Å². The van der Waals surface area contributed by atoms with Gasteiger partial charge in [-0.2, -0.15) is 4.98 Å². The van der Waals surface area contributed by atoms with Crippen LogP contribution in [0.3, 0.4) is 0 Å². The Balaban J connectivity index is 1.75. The van der Waals surface area contributed by atoms with Gasteiger partial charge in [-0.3, -0.25) is 4.79 Å². The maximum Gasteiger partial charge on any atom is 0.246 e. The van der Waals surface area contributed by atoms with Crippen molar-refractivity contribution in [2.75, 3.05) is 13.1 Å². The lowest BCUT2D eigenvalue weighted by molar-refractivity contribution is -0.127. The first-order valence-electron chi connectivity index (χ1n) is 8.06. The van der Waals surface area contributed by atoms with Gasteiger partial charge in [0.25, 0.3) is 0 Å². The van der Waals surface area contributed by atoms with Gasteiger partial charge in [0.2, 0.25) is 17.6 Å². The molecule has 0 unspecified atom stereocenters. The highest BCUT2D eigenvalue weighted by atomic mass is 19.1. The first-order valence-corrected chi connectivity index (χ1v) is 8.06. The predicted octanol–water partition coefficient (Wildman–Crippen LogP) is 3.55. The van der Waals surface area contributed by atoms with E-state index in [1.54, 1.807) is 18.2 Å². The molecule has 0 bridgehead atoms. The highest BCUT2D eigenvalue weighted by molar-refractivity contribution is 5.88. The van der Waals surface area contributed by atoms with Crippen molar-refractivity contribution in [3.63, 3.8) is 0 Å². The standard InChI is InChI=1S/C18H20FN3O2/c1-12(2)9-16(23)22-8-4-6-14(11-22)18-20-17(21-24-18)13-5-3-7-15(19)10-13/h3,5,7,9-10,14H,4,6,8,11H2,1-2H3/t14-/m0/s1. The number of hydrogen-bond donors (Lipinski definition) is 0. The highest BCUT2D eigenvalue weighted by Crippen LogP contribution is 2.28. The molecule has 2 aromatic rings. The molecule has 0 radical (unpaired) electrons. The van der Waals surface area contributed by atoms with Crippen LogP contribution >= 0.6 is 0 Å². The van der Waals surface area contributed by atoms with Crippen LogP contribution in [0.15, 0.2) is 40.4 Å². The predicted molar refractivity (Wildman–Crippen MR) is 87.7 cm³/mol. The van der Waals surface area contributed by atoms with Gasteiger partial charge < -0.3 is 9.42 Å². The van der Waals surface area contributed by atoms with E-state index in [0.29, 0.717) is 23.8 Å². The van der Waals surface area contributed by atoms with Gasteiger partial charge in [-0.05, 0) is 38.8 Å². The summed E-state index contributed by atoms with van der Waals surface area (Å²) in [5, 5.41) is 3.95. The summed E-state index contributed by atoms with van der Waals surface area (Å²) in [6.45, 7) is 5.11. The van der Waals surface area contributed by atoms with Gasteiger partial charge in [-0.15, -0.1) is 0 Å². The number of halogens is 1. The van der Waals surface area contributed by atoms with Crippen LogP contribution in [0.1, 0.15) is 38.5 Å². The second-order valence-corrected chi connectivity index (χ2v) is 6.31. The Bertz CT molecular complexity index is 765. The van der Waals surface area contributed by atoms with Crippen molar-refractivity contribution in [2.24, 2.45) is 0 Å². The number of allylic oxidation sites excluding steroid dienone is 1. The van der Waals surface area contributed by atoms with Crippen LogP contribution in [0.4, 0.5) is 4.39 Å². The lowest BCUT2D eigenvalue weighted by Crippen LogP contribution is -2.38. The number of amides is 1. The van der Waals surface area contributed by atoms with Crippen LogP contribution in [0.2, 0.25) is 0 Å². The van der Waals surface area contributed by atoms with Gasteiger partial charge in [0.15, 0.2) is 0 Å². The molecular weight excluding hydrogens is 309 g/mol. The normalized spacial score (nSPS) is 17.6. The minimum absolute atomic E-state index is 0.0167. The van der Waals surface area contributed by atoms with E-state index < -0.39 is 0 Å². The van der Waals surface area contributed by atoms with E-state index in [9.17, 15) is 9.18 Å². The maximum atomic E-state index is 13.3. The Morgan fingerprint density at radius 1 is 1.42 bits per heavy atom. The molecule has 1 amide bonds. The number of nitrogens with zero attached hydrogens (tertiary/aromatic N) is 3. The average Bonchev–Trinajstić information content (AvgIpc) is 3.04. The largest absolute Gasteiger partial charge is 0.339 e. The molecule has 1 aromatic heterocycles. The zero-order valence-electron chi connectivity index (χ0n) is 13.8. The van der Waals surface area contributed by atoms with Gasteiger partial charge in [0, 0.05) is 24.7 Å². The van der Waals surface area contributed by atoms with Crippen LogP contribution in [-0.4, -0.2) is 34.0 Å². The van der Waals surface area contributed by atoms with Gasteiger partial charge in [0.05, 0.1) is 5.92 Å². The fraction of sp³-hybridized carbons (Fsp3) is 0.389. The number of likely N-dealkylation sites (tertiary alicyclic amines) is 1. The van der Waals surface area contributed by atoms with Gasteiger partial charge >= 0.3 is 0 Å². The molecule has 2 heterocycles. The fourth-order valence-corrected chi connectivity index (χ4v) is 2.86. The number of rotatable bonds is 3. The summed E-state index contributed by atoms with van der Waals surface area (Å²) in [6.07, 6.45) is 3.43. The highest BCUT2D eigenvalue weighted by Gasteiger charge is 2.28. The lowest BCUT2D eigenvalue weighted by Gasteiger charge is -2.30. The summed E-state index contributed by atoms with van der Waals surface area (Å²) >= 11 is 0. The number of carbonyl (C=O) groups is 1. The molecule has 0 aliphatic carbocycles. The number of aromatic nitrogens is 2. The van der Waals surface area contributed by atoms with E-state index in [2.05, 4.69) is 10.1 Å². The van der Waals surface area contributed by atoms with Gasteiger partial charge in [-0.1, -0.05) is 22.9 Å². The van der Waals surface area contributed by atoms with Crippen molar-refractivity contribution in [1.82, 2.24) is 15.0 Å². The quantitative estimate of drug-likeness (QED) is 0.808. The zero-order chi connectivity index (χ0) is 17.1. The van der Waals surface area contributed by atoms with E-state index in [-0.39, 0.29) is 17.6 Å². The third-order valence-electron chi connectivity index (χ3n) is 4.02. The minimum atomic E-state index is -0.338. The Hall–Kier alpha value is -2.50. The molecule has 1 fully saturated rings. The van der Waals surface area contributed by atoms with Crippen LogP contribution in [0, 0.1) is 5.82 Å². The molecule has 1 aliphatic heterocycles. The van der Waals surface area contributed by atoms with Gasteiger partial charge in [-0.25, -0.2) is 4.39 Å². The van der Waals surface area contributed by atoms with E-state index in [1.165, 1.54) is 12.1 Å². The molecule has 6 heteroatoms. The van der Waals surface area contributed by atoms with Crippen LogP contribution < -0.4 is 0 Å². The second kappa shape index (κ2) is 6.95. The number of benzene rings is 1. The van der Waals surface area contributed by atoms with Crippen molar-refractivity contribution >= 4 is 5.91 Å². The van der Waals surface area contributed by atoms with E-state index in [0.717, 1.165) is 25.0 Å². The summed E-state index contributed by atoms with van der Waals surface area (Å²) in [7, 11) is 0. The van der Waals surface area contributed by atoms with Crippen molar-refractivity contribution in [3.8, 4) is 11.4 Å². The fourth-order valence-electron chi connectivity index (χ4n) is 2.86. The Labute approximate surface area is 140 Å². The van der Waals surface area contributed by atoms with E-state index in [1.807, 2.05) is 18.7 Å². The van der Waals surface area contributed by atoms with E-state index >= 15 is 0 Å². The molecular formula is C18H20FN3O2. The summed E-state index contributed by atoms with van der Waals surface area (Å²) in [4.78, 5) is 18.4. The topological polar surface area (TPSA) is 59.2 Å². The molecule has 1 aromatic carbocycles. The molecule has 126 valence electrons.